The maximum Gasteiger partial charge on any atom is 0.243 e. The minimum atomic E-state index is -3.54. The van der Waals surface area contributed by atoms with Gasteiger partial charge in [-0.2, -0.15) is 4.31 Å². The molecule has 2 aromatic carbocycles. The summed E-state index contributed by atoms with van der Waals surface area (Å²) >= 11 is 6.04. The molecular weight excluding hydrogens is 409 g/mol. The second-order valence-electron chi connectivity index (χ2n) is 6.22. The number of nitrogens with one attached hydrogen (secondary N) is 2. The molecule has 1 saturated heterocycles. The molecule has 0 bridgehead atoms. The van der Waals surface area contributed by atoms with Crippen LogP contribution in [0.25, 0.3) is 0 Å². The lowest BCUT2D eigenvalue weighted by Crippen LogP contribution is -3.10. The van der Waals surface area contributed by atoms with Crippen molar-refractivity contribution in [2.24, 2.45) is 0 Å². The van der Waals surface area contributed by atoms with Gasteiger partial charge in [-0.3, -0.25) is 4.79 Å². The topological polar surface area (TPSA) is 70.9 Å². The Hall–Kier alpha value is -1.64. The number of hydrogen-bond acceptors (Lipinski definition) is 3. The van der Waals surface area contributed by atoms with Crippen molar-refractivity contribution in [2.75, 3.05) is 31.5 Å². The monoisotopic (exact) mass is 429 g/mol. The highest BCUT2D eigenvalue weighted by molar-refractivity contribution is 7.89. The zero-order chi connectivity index (χ0) is 18.7. The van der Waals surface area contributed by atoms with Crippen molar-refractivity contribution >= 4 is 38.9 Å². The van der Waals surface area contributed by atoms with Gasteiger partial charge in [-0.25, -0.2) is 8.42 Å². The Morgan fingerprint density at radius 1 is 1.11 bits per heavy atom. The molecule has 146 valence electrons. The molecule has 2 aromatic rings. The number of quaternary nitrogens is 1. The molecule has 1 aliphatic heterocycles. The lowest BCUT2D eigenvalue weighted by molar-refractivity contribution is -0.837. The smallest absolute Gasteiger partial charge is 0.243 e. The Morgan fingerprint density at radius 3 is 2.30 bits per heavy atom. The first-order valence-corrected chi connectivity index (χ1v) is 10.2. The number of carbonyl (C=O) groups is 1. The number of nitrogens with zero attached hydrogens (tertiary/aromatic N) is 1. The minimum Gasteiger partial charge on any atom is -1.00 e. The first-order chi connectivity index (χ1) is 12.4. The Balaban J connectivity index is 0.00000261. The third-order valence-electron chi connectivity index (χ3n) is 4.37. The van der Waals surface area contributed by atoms with E-state index in [1.807, 2.05) is 24.3 Å². The Kier molecular flexibility index (Phi) is 7.25. The highest BCUT2D eigenvalue weighted by Crippen LogP contribution is 2.19. The predicted molar refractivity (Wildman–Crippen MR) is 101 cm³/mol. The van der Waals surface area contributed by atoms with Gasteiger partial charge < -0.3 is 22.6 Å². The normalized spacial score (nSPS) is 15.8. The molecule has 1 fully saturated rings. The third-order valence-corrected chi connectivity index (χ3v) is 6.52. The number of sulfonamides is 1. The summed E-state index contributed by atoms with van der Waals surface area (Å²) in [6.07, 6.45) is 0. The van der Waals surface area contributed by atoms with Crippen molar-refractivity contribution in [1.82, 2.24) is 4.31 Å². The quantitative estimate of drug-likeness (QED) is 0.622. The van der Waals surface area contributed by atoms with E-state index in [1.165, 1.54) is 28.3 Å². The van der Waals surface area contributed by atoms with Crippen molar-refractivity contribution in [3.63, 3.8) is 0 Å². The summed E-state index contributed by atoms with van der Waals surface area (Å²) in [6.45, 7) is 3.66. The average molecular weight is 430 g/mol. The third kappa shape index (κ3) is 5.21. The van der Waals surface area contributed by atoms with Crippen LogP contribution in [0, 0.1) is 0 Å². The molecule has 1 amide bonds. The number of halogens is 2. The molecule has 0 saturated carbocycles. The van der Waals surface area contributed by atoms with Crippen LogP contribution in [0.4, 0.5) is 11.4 Å². The van der Waals surface area contributed by atoms with Gasteiger partial charge >= 0.3 is 0 Å². The highest BCUT2D eigenvalue weighted by atomic mass is 35.5. The number of piperazine rings is 1. The number of carbonyl (C=O) groups excluding carboxylic acids is 1. The van der Waals surface area contributed by atoms with Gasteiger partial charge in [0.15, 0.2) is 0 Å². The summed E-state index contributed by atoms with van der Waals surface area (Å²) in [4.78, 5) is 12.5. The fourth-order valence-corrected chi connectivity index (χ4v) is 4.69. The Labute approximate surface area is 170 Å². The van der Waals surface area contributed by atoms with Crippen molar-refractivity contribution in [3.05, 3.63) is 53.6 Å². The van der Waals surface area contributed by atoms with Crippen LogP contribution in [-0.4, -0.2) is 44.8 Å². The van der Waals surface area contributed by atoms with Crippen LogP contribution in [0.3, 0.4) is 0 Å². The number of benzene rings is 2. The Bertz CT molecular complexity index is 896. The summed E-state index contributed by atoms with van der Waals surface area (Å²) in [7, 11) is -3.54. The van der Waals surface area contributed by atoms with E-state index in [2.05, 4.69) is 5.32 Å². The number of hydrogen-bond donors (Lipinski definition) is 2. The lowest BCUT2D eigenvalue weighted by atomic mass is 10.2. The van der Waals surface area contributed by atoms with Crippen molar-refractivity contribution < 1.29 is 30.5 Å². The van der Waals surface area contributed by atoms with E-state index in [-0.39, 0.29) is 23.2 Å². The second-order valence-corrected chi connectivity index (χ2v) is 8.60. The van der Waals surface area contributed by atoms with Crippen LogP contribution >= 0.6 is 11.6 Å². The van der Waals surface area contributed by atoms with E-state index < -0.39 is 10.0 Å². The van der Waals surface area contributed by atoms with Gasteiger partial charge in [-0.15, -0.1) is 0 Å². The van der Waals surface area contributed by atoms with Crippen LogP contribution in [0.15, 0.2) is 53.4 Å². The molecule has 2 N–H and O–H groups in total. The van der Waals surface area contributed by atoms with Crippen LogP contribution in [0.5, 0.6) is 0 Å². The van der Waals surface area contributed by atoms with E-state index in [0.717, 1.165) is 5.69 Å². The van der Waals surface area contributed by atoms with Crippen LogP contribution in [-0.2, 0) is 14.8 Å². The maximum atomic E-state index is 12.8. The predicted octanol–water partition coefficient (Wildman–Crippen LogP) is -1.48. The van der Waals surface area contributed by atoms with Crippen LogP contribution in [0.1, 0.15) is 6.92 Å². The van der Waals surface area contributed by atoms with Gasteiger partial charge in [0.1, 0.15) is 5.69 Å². The van der Waals surface area contributed by atoms with Gasteiger partial charge in [0.05, 0.1) is 31.1 Å². The Morgan fingerprint density at radius 2 is 1.74 bits per heavy atom. The number of amides is 1. The van der Waals surface area contributed by atoms with Crippen LogP contribution in [0.2, 0.25) is 5.02 Å². The molecule has 27 heavy (non-hydrogen) atoms. The molecule has 0 radical (unpaired) electrons. The summed E-state index contributed by atoms with van der Waals surface area (Å²) in [5, 5.41) is 3.31. The molecule has 1 aliphatic rings. The van der Waals surface area contributed by atoms with E-state index >= 15 is 0 Å². The SMILES string of the molecule is CC(=O)Nc1ccc(S(=O)(=O)N2CC[NH+](c3cccc(Cl)c3)CC2)cc1.[Cl-]. The van der Waals surface area contributed by atoms with Crippen LogP contribution < -0.4 is 22.6 Å². The first-order valence-electron chi connectivity index (χ1n) is 8.35. The first kappa shape index (κ1) is 21.7. The molecule has 9 heteroatoms. The second kappa shape index (κ2) is 9.03. The van der Waals surface area contributed by atoms with E-state index in [1.54, 1.807) is 12.1 Å². The van der Waals surface area contributed by atoms with Crippen molar-refractivity contribution in [3.8, 4) is 0 Å². The summed E-state index contributed by atoms with van der Waals surface area (Å²) in [5.74, 6) is -0.194. The van der Waals surface area contributed by atoms with E-state index in [4.69, 9.17) is 11.6 Å². The summed E-state index contributed by atoms with van der Waals surface area (Å²) < 4.78 is 27.2. The van der Waals surface area contributed by atoms with Gasteiger partial charge in [0.25, 0.3) is 0 Å². The van der Waals surface area contributed by atoms with Crippen molar-refractivity contribution in [2.45, 2.75) is 11.8 Å². The van der Waals surface area contributed by atoms with Gasteiger partial charge in [-0.05, 0) is 36.4 Å². The summed E-state index contributed by atoms with van der Waals surface area (Å²) in [5.41, 5.74) is 1.65. The largest absolute Gasteiger partial charge is 1.00 e. The average Bonchev–Trinajstić information content (AvgIpc) is 2.62. The molecule has 0 unspecified atom stereocenters. The molecule has 1 heterocycles. The molecule has 6 nitrogen and oxygen atoms in total. The van der Waals surface area contributed by atoms with E-state index in [0.29, 0.717) is 36.9 Å². The fraction of sp³-hybridized carbons (Fsp3) is 0.278. The van der Waals surface area contributed by atoms with Crippen molar-refractivity contribution in [1.29, 1.82) is 0 Å². The van der Waals surface area contributed by atoms with E-state index in [9.17, 15) is 13.2 Å². The molecule has 0 aliphatic carbocycles. The van der Waals surface area contributed by atoms with Gasteiger partial charge in [0, 0.05) is 23.7 Å². The molecular formula is C18H21Cl2N3O3S. The highest BCUT2D eigenvalue weighted by Gasteiger charge is 2.31. The molecule has 3 rings (SSSR count). The number of anilines is 1. The summed E-state index contributed by atoms with van der Waals surface area (Å²) in [6, 6.07) is 13.9. The standard InChI is InChI=1S/C18H20ClN3O3S.ClH/c1-14(23)20-16-5-7-18(8-6-16)26(24,25)22-11-9-21(10-12-22)17-4-2-3-15(19)13-17;/h2-8,13H,9-12H2,1H3,(H,20,23);1H. The molecule has 0 aromatic heterocycles. The molecule has 0 spiro atoms. The lowest BCUT2D eigenvalue weighted by Gasteiger charge is -2.31. The minimum absolute atomic E-state index is 0. The zero-order valence-electron chi connectivity index (χ0n) is 14.8. The van der Waals surface area contributed by atoms with Gasteiger partial charge in [-0.1, -0.05) is 17.7 Å². The zero-order valence-corrected chi connectivity index (χ0v) is 17.1. The fourth-order valence-electron chi connectivity index (χ4n) is 3.06. The van der Waals surface area contributed by atoms with Gasteiger partial charge in [0.2, 0.25) is 15.9 Å². The molecule has 0 atom stereocenters. The maximum absolute atomic E-state index is 12.8. The number of rotatable bonds is 4.